The molecule has 6 heteroatoms. The first-order chi connectivity index (χ1) is 11.1. The zero-order valence-corrected chi connectivity index (χ0v) is 13.8. The Hall–Kier alpha value is -1.59. The summed E-state index contributed by atoms with van der Waals surface area (Å²) in [7, 11) is 0. The summed E-state index contributed by atoms with van der Waals surface area (Å²) >= 11 is 6.22. The fourth-order valence-electron chi connectivity index (χ4n) is 3.26. The molecule has 23 heavy (non-hydrogen) atoms. The third-order valence-electron chi connectivity index (χ3n) is 4.73. The van der Waals surface area contributed by atoms with Crippen molar-refractivity contribution >= 4 is 29.1 Å². The molecule has 5 nitrogen and oxygen atoms in total. The van der Waals surface area contributed by atoms with Gasteiger partial charge in [0.15, 0.2) is 0 Å². The van der Waals surface area contributed by atoms with Crippen LogP contribution in [0.3, 0.4) is 0 Å². The number of hydrogen-bond donors (Lipinski definition) is 1. The van der Waals surface area contributed by atoms with Crippen LogP contribution in [-0.4, -0.2) is 48.1 Å². The van der Waals surface area contributed by atoms with Crippen LogP contribution in [0.5, 0.6) is 0 Å². The third kappa shape index (κ3) is 3.35. The van der Waals surface area contributed by atoms with E-state index in [9.17, 15) is 14.7 Å². The van der Waals surface area contributed by atoms with Gasteiger partial charge in [0, 0.05) is 38.3 Å². The van der Waals surface area contributed by atoms with Crippen molar-refractivity contribution in [3.63, 3.8) is 0 Å². The number of amides is 2. The molecule has 0 atom stereocenters. The Balaban J connectivity index is 1.79. The van der Waals surface area contributed by atoms with Gasteiger partial charge in [-0.05, 0) is 43.4 Å². The molecule has 0 aliphatic carbocycles. The van der Waals surface area contributed by atoms with E-state index >= 15 is 0 Å². The fraction of sp³-hybridized carbons (Fsp3) is 0.529. The van der Waals surface area contributed by atoms with Crippen molar-refractivity contribution in [3.8, 4) is 0 Å². The van der Waals surface area contributed by atoms with Gasteiger partial charge in [0.1, 0.15) is 0 Å². The van der Waals surface area contributed by atoms with E-state index < -0.39 is 0 Å². The topological polar surface area (TPSA) is 60.9 Å². The summed E-state index contributed by atoms with van der Waals surface area (Å²) in [5, 5.41) is 9.61. The summed E-state index contributed by atoms with van der Waals surface area (Å²) in [6.07, 6.45) is 3.02. The number of piperidine rings is 1. The van der Waals surface area contributed by atoms with E-state index in [-0.39, 0.29) is 24.3 Å². The lowest BCUT2D eigenvalue weighted by molar-refractivity contribution is -0.117. The van der Waals surface area contributed by atoms with Crippen LogP contribution in [-0.2, 0) is 4.79 Å². The van der Waals surface area contributed by atoms with Gasteiger partial charge < -0.3 is 14.9 Å². The summed E-state index contributed by atoms with van der Waals surface area (Å²) in [5.74, 6) is 0.275. The molecule has 0 aromatic heterocycles. The van der Waals surface area contributed by atoms with Gasteiger partial charge in [0.05, 0.1) is 10.6 Å². The normalized spacial score (nSPS) is 19.5. The first-order valence-corrected chi connectivity index (χ1v) is 8.48. The Bertz CT molecular complexity index is 612. The molecule has 2 fully saturated rings. The van der Waals surface area contributed by atoms with Crippen LogP contribution in [0.2, 0.25) is 5.02 Å². The number of rotatable bonds is 3. The minimum Gasteiger partial charge on any atom is -0.396 e. The van der Waals surface area contributed by atoms with E-state index in [1.54, 1.807) is 28.0 Å². The first kappa shape index (κ1) is 16.3. The second kappa shape index (κ2) is 6.89. The average Bonchev–Trinajstić information content (AvgIpc) is 3.01. The quantitative estimate of drug-likeness (QED) is 0.921. The van der Waals surface area contributed by atoms with Crippen LogP contribution in [0.1, 0.15) is 36.0 Å². The molecular weight excluding hydrogens is 316 g/mol. The smallest absolute Gasteiger partial charge is 0.255 e. The van der Waals surface area contributed by atoms with Crippen molar-refractivity contribution in [2.24, 2.45) is 5.92 Å². The lowest BCUT2D eigenvalue weighted by Crippen LogP contribution is -2.39. The average molecular weight is 337 g/mol. The molecule has 0 saturated carbocycles. The Kier molecular flexibility index (Phi) is 4.87. The van der Waals surface area contributed by atoms with Gasteiger partial charge in [-0.2, -0.15) is 0 Å². The highest BCUT2D eigenvalue weighted by molar-refractivity contribution is 6.34. The monoisotopic (exact) mass is 336 g/mol. The van der Waals surface area contributed by atoms with Gasteiger partial charge in [-0.15, -0.1) is 0 Å². The molecule has 3 rings (SSSR count). The maximum absolute atomic E-state index is 12.7. The van der Waals surface area contributed by atoms with Crippen LogP contribution in [0, 0.1) is 5.92 Å². The molecular formula is C17H21ClN2O3. The van der Waals surface area contributed by atoms with Crippen molar-refractivity contribution in [1.82, 2.24) is 4.90 Å². The van der Waals surface area contributed by atoms with Crippen LogP contribution in [0.25, 0.3) is 0 Å². The van der Waals surface area contributed by atoms with Gasteiger partial charge in [-0.3, -0.25) is 9.59 Å². The van der Waals surface area contributed by atoms with Crippen LogP contribution in [0.15, 0.2) is 18.2 Å². The predicted molar refractivity (Wildman–Crippen MR) is 88.8 cm³/mol. The van der Waals surface area contributed by atoms with Gasteiger partial charge >= 0.3 is 0 Å². The Morgan fingerprint density at radius 3 is 2.61 bits per heavy atom. The van der Waals surface area contributed by atoms with E-state index in [1.807, 2.05) is 0 Å². The van der Waals surface area contributed by atoms with Gasteiger partial charge in [0.25, 0.3) is 5.91 Å². The lowest BCUT2D eigenvalue weighted by atomic mass is 9.97. The van der Waals surface area contributed by atoms with Crippen molar-refractivity contribution in [1.29, 1.82) is 0 Å². The fourth-order valence-corrected chi connectivity index (χ4v) is 3.45. The van der Waals surface area contributed by atoms with E-state index in [0.29, 0.717) is 36.6 Å². The molecule has 2 aliphatic heterocycles. The summed E-state index contributed by atoms with van der Waals surface area (Å²) in [6.45, 7) is 2.13. The number of aliphatic hydroxyl groups excluding tert-OH is 1. The van der Waals surface area contributed by atoms with Crippen molar-refractivity contribution in [3.05, 3.63) is 28.8 Å². The minimum absolute atomic E-state index is 0.0921. The zero-order valence-electron chi connectivity index (χ0n) is 13.0. The summed E-state index contributed by atoms with van der Waals surface area (Å²) in [6, 6.07) is 5.21. The Labute approximate surface area is 140 Å². The maximum atomic E-state index is 12.7. The summed E-state index contributed by atoms with van der Waals surface area (Å²) < 4.78 is 0. The molecule has 2 amide bonds. The Morgan fingerprint density at radius 2 is 2.00 bits per heavy atom. The van der Waals surface area contributed by atoms with E-state index in [2.05, 4.69) is 0 Å². The van der Waals surface area contributed by atoms with Crippen molar-refractivity contribution in [2.75, 3.05) is 31.1 Å². The molecule has 1 N–H and O–H groups in total. The highest BCUT2D eigenvalue weighted by Gasteiger charge is 2.27. The molecule has 124 valence electrons. The first-order valence-electron chi connectivity index (χ1n) is 8.10. The second-order valence-electron chi connectivity index (χ2n) is 6.23. The largest absolute Gasteiger partial charge is 0.396 e. The van der Waals surface area contributed by atoms with Crippen LogP contribution >= 0.6 is 11.6 Å². The number of nitrogens with zero attached hydrogens (tertiary/aromatic N) is 2. The van der Waals surface area contributed by atoms with Crippen LogP contribution < -0.4 is 4.90 Å². The lowest BCUT2D eigenvalue weighted by Gasteiger charge is -2.31. The molecule has 0 spiro atoms. The Morgan fingerprint density at radius 1 is 1.26 bits per heavy atom. The maximum Gasteiger partial charge on any atom is 0.255 e. The standard InChI is InChI=1S/C17H21ClN2O3/c18-15-4-3-13(20-7-1-2-16(20)22)10-14(15)17(23)19-8-5-12(11-21)6-9-19/h3-4,10,12,21H,1-2,5-9,11H2. The number of benzene rings is 1. The summed E-state index contributed by atoms with van der Waals surface area (Å²) in [5.41, 5.74) is 1.19. The molecule has 2 saturated heterocycles. The zero-order chi connectivity index (χ0) is 16.4. The van der Waals surface area contributed by atoms with Gasteiger partial charge in [0.2, 0.25) is 5.91 Å². The van der Waals surface area contributed by atoms with Crippen molar-refractivity contribution in [2.45, 2.75) is 25.7 Å². The number of likely N-dealkylation sites (tertiary alicyclic amines) is 1. The molecule has 0 bridgehead atoms. The number of hydrogen-bond acceptors (Lipinski definition) is 3. The number of halogens is 1. The number of anilines is 1. The SMILES string of the molecule is O=C(c1cc(N2CCCC2=O)ccc1Cl)N1CCC(CO)CC1. The molecule has 2 heterocycles. The van der Waals surface area contributed by atoms with E-state index in [4.69, 9.17) is 11.6 Å². The molecule has 1 aromatic carbocycles. The van der Waals surface area contributed by atoms with Gasteiger partial charge in [-0.25, -0.2) is 0 Å². The number of carbonyl (C=O) groups is 2. The second-order valence-corrected chi connectivity index (χ2v) is 6.64. The van der Waals surface area contributed by atoms with Crippen LogP contribution in [0.4, 0.5) is 5.69 Å². The molecule has 2 aliphatic rings. The number of carbonyl (C=O) groups excluding carboxylic acids is 2. The van der Waals surface area contributed by atoms with E-state index in [0.717, 1.165) is 24.9 Å². The highest BCUT2D eigenvalue weighted by atomic mass is 35.5. The number of aliphatic hydroxyl groups is 1. The summed E-state index contributed by atoms with van der Waals surface area (Å²) in [4.78, 5) is 28.1. The molecule has 0 unspecified atom stereocenters. The predicted octanol–water partition coefficient (Wildman–Crippen LogP) is 2.31. The molecule has 1 aromatic rings. The molecule has 0 radical (unpaired) electrons. The van der Waals surface area contributed by atoms with Gasteiger partial charge in [-0.1, -0.05) is 11.6 Å². The van der Waals surface area contributed by atoms with E-state index in [1.165, 1.54) is 0 Å². The highest BCUT2D eigenvalue weighted by Crippen LogP contribution is 2.28. The third-order valence-corrected chi connectivity index (χ3v) is 5.05. The van der Waals surface area contributed by atoms with Crippen molar-refractivity contribution < 1.29 is 14.7 Å². The minimum atomic E-state index is -0.0973.